The Balaban J connectivity index is 1.51. The quantitative estimate of drug-likeness (QED) is 0.137. The van der Waals surface area contributed by atoms with Gasteiger partial charge in [-0.05, 0) is 79.5 Å². The minimum atomic E-state index is -5.78. The number of unbranched alkanes of at least 4 members (excludes halogenated alkanes) is 2. The average Bonchev–Trinajstić information content (AvgIpc) is 2.84. The van der Waals surface area contributed by atoms with Crippen LogP contribution >= 0.6 is 0 Å². The number of benzene rings is 2. The lowest BCUT2D eigenvalue weighted by Gasteiger charge is -2.29. The van der Waals surface area contributed by atoms with Gasteiger partial charge in [0.15, 0.2) is 0 Å². The maximum atomic E-state index is 13.4. The van der Waals surface area contributed by atoms with Gasteiger partial charge in [0.1, 0.15) is 11.5 Å². The number of carbonyl (C=O) groups is 1. The lowest BCUT2D eigenvalue weighted by atomic mass is 9.77. The van der Waals surface area contributed by atoms with Gasteiger partial charge in [-0.15, -0.1) is 0 Å². The van der Waals surface area contributed by atoms with Crippen LogP contribution in [0.1, 0.15) is 80.1 Å². The van der Waals surface area contributed by atoms with Gasteiger partial charge in [-0.3, -0.25) is 0 Å². The van der Waals surface area contributed by atoms with Gasteiger partial charge in [0.25, 0.3) is 6.17 Å². The highest BCUT2D eigenvalue weighted by molar-refractivity contribution is 5.91. The van der Waals surface area contributed by atoms with Crippen molar-refractivity contribution in [3.63, 3.8) is 0 Å². The summed E-state index contributed by atoms with van der Waals surface area (Å²) in [6.07, 6.45) is -5.56. The van der Waals surface area contributed by atoms with E-state index in [4.69, 9.17) is 4.74 Å². The Hall–Kier alpha value is -2.71. The van der Waals surface area contributed by atoms with E-state index in [0.717, 1.165) is 43.0 Å². The Morgan fingerprint density at radius 1 is 0.889 bits per heavy atom. The minimum absolute atomic E-state index is 0.0382. The van der Waals surface area contributed by atoms with Gasteiger partial charge in [-0.1, -0.05) is 44.7 Å². The summed E-state index contributed by atoms with van der Waals surface area (Å²) in [5, 5.41) is 0. The van der Waals surface area contributed by atoms with Crippen LogP contribution < -0.4 is 9.47 Å². The molecule has 0 heterocycles. The summed E-state index contributed by atoms with van der Waals surface area (Å²) in [7, 11) is 0. The summed E-state index contributed by atoms with van der Waals surface area (Å²) in [5.41, 5.74) is 1.15. The van der Waals surface area contributed by atoms with Crippen LogP contribution in [0.5, 0.6) is 11.5 Å². The summed E-state index contributed by atoms with van der Waals surface area (Å²) in [6, 6.07) is 11.0. The molecule has 1 atom stereocenters. The number of alkyl halides is 6. The molecular weight excluding hydrogens is 486 g/mol. The van der Waals surface area contributed by atoms with E-state index < -0.39 is 30.2 Å². The second-order valence-corrected chi connectivity index (χ2v) is 9.26. The second-order valence-electron chi connectivity index (χ2n) is 9.26. The number of halogens is 6. The van der Waals surface area contributed by atoms with E-state index in [1.54, 1.807) is 12.1 Å². The van der Waals surface area contributed by atoms with Crippen LogP contribution in [0.3, 0.4) is 0 Å². The van der Waals surface area contributed by atoms with Crippen LogP contribution in [0.2, 0.25) is 0 Å². The predicted octanol–water partition coefficient (Wildman–Crippen LogP) is 8.63. The fraction of sp³-hybridized carbons (Fsp3) is 0.519. The first-order valence-electron chi connectivity index (χ1n) is 12.2. The van der Waals surface area contributed by atoms with Crippen molar-refractivity contribution in [2.75, 3.05) is 0 Å². The number of carbonyl (C=O) groups excluding carboxylic acids is 1. The Bertz CT molecular complexity index is 964. The van der Waals surface area contributed by atoms with Crippen LogP contribution in [0.25, 0.3) is 0 Å². The van der Waals surface area contributed by atoms with E-state index >= 15 is 0 Å². The van der Waals surface area contributed by atoms with Gasteiger partial charge in [-0.2, -0.15) is 22.0 Å². The zero-order valence-corrected chi connectivity index (χ0v) is 20.0. The van der Waals surface area contributed by atoms with Crippen molar-refractivity contribution in [2.24, 2.45) is 5.92 Å². The van der Waals surface area contributed by atoms with E-state index in [1.807, 2.05) is 12.1 Å². The minimum Gasteiger partial charge on any atom is -0.430 e. The molecule has 0 N–H and O–H groups in total. The van der Waals surface area contributed by atoms with Crippen molar-refractivity contribution < 1.29 is 40.6 Å². The van der Waals surface area contributed by atoms with Crippen LogP contribution in [0, 0.1) is 5.92 Å². The number of ether oxygens (including phenoxy) is 2. The van der Waals surface area contributed by atoms with Crippen molar-refractivity contribution >= 4 is 5.97 Å². The third kappa shape index (κ3) is 7.64. The molecule has 0 saturated heterocycles. The highest BCUT2D eigenvalue weighted by Crippen LogP contribution is 2.39. The van der Waals surface area contributed by atoms with E-state index in [9.17, 15) is 31.1 Å². The fourth-order valence-electron chi connectivity index (χ4n) is 4.50. The van der Waals surface area contributed by atoms with Gasteiger partial charge in [0.05, 0.1) is 5.56 Å². The molecule has 0 amide bonds. The Morgan fingerprint density at radius 3 is 2.03 bits per heavy atom. The number of hydrogen-bond donors (Lipinski definition) is 0. The monoisotopic (exact) mass is 516 g/mol. The maximum Gasteiger partial charge on any atom is 0.439 e. The van der Waals surface area contributed by atoms with Crippen LogP contribution in [0.15, 0.2) is 48.5 Å². The summed E-state index contributed by atoms with van der Waals surface area (Å²) in [5.74, 6) is 0.0673. The molecule has 3 rings (SSSR count). The molecule has 0 aromatic heterocycles. The molecule has 198 valence electrons. The molecule has 1 fully saturated rings. The van der Waals surface area contributed by atoms with E-state index in [2.05, 4.69) is 11.7 Å². The predicted molar refractivity (Wildman–Crippen MR) is 123 cm³/mol. The van der Waals surface area contributed by atoms with Gasteiger partial charge >= 0.3 is 18.3 Å². The molecule has 9 heteroatoms. The lowest BCUT2D eigenvalue weighted by molar-refractivity contribution is -0.304. The van der Waals surface area contributed by atoms with E-state index in [-0.39, 0.29) is 5.56 Å². The molecule has 1 aliphatic carbocycles. The number of rotatable bonds is 10. The molecule has 0 spiro atoms. The SMILES string of the molecule is CCCCCC1CCC(c2ccc(OC(=O)c3ccc(OC(F)(F)C(F)C(F)(F)F)cc3)cc2)CC1. The largest absolute Gasteiger partial charge is 0.439 e. The maximum absolute atomic E-state index is 13.4. The zero-order chi connectivity index (χ0) is 26.3. The van der Waals surface area contributed by atoms with Gasteiger partial charge < -0.3 is 9.47 Å². The van der Waals surface area contributed by atoms with Crippen molar-refractivity contribution in [1.82, 2.24) is 0 Å². The Morgan fingerprint density at radius 2 is 1.47 bits per heavy atom. The summed E-state index contributed by atoms with van der Waals surface area (Å²) in [6.45, 7) is 2.21. The first-order chi connectivity index (χ1) is 17.0. The van der Waals surface area contributed by atoms with Gasteiger partial charge in [0, 0.05) is 0 Å². The standard InChI is InChI=1S/C27H30F6O3/c1-2-3-4-5-18-6-8-19(9-7-18)20-10-14-22(15-11-20)35-24(34)21-12-16-23(17-13-21)36-27(32,33)25(28)26(29,30)31/h10-19,25H,2-9H2,1H3. The lowest BCUT2D eigenvalue weighted by Crippen LogP contribution is -2.45. The topological polar surface area (TPSA) is 35.5 Å². The first kappa shape index (κ1) is 27.9. The van der Waals surface area contributed by atoms with Gasteiger partial charge in [-0.25, -0.2) is 9.18 Å². The van der Waals surface area contributed by atoms with Gasteiger partial charge in [0.2, 0.25) is 0 Å². The van der Waals surface area contributed by atoms with Crippen LogP contribution in [-0.4, -0.2) is 24.4 Å². The fourth-order valence-corrected chi connectivity index (χ4v) is 4.50. The van der Waals surface area contributed by atoms with Crippen molar-refractivity contribution in [3.8, 4) is 11.5 Å². The van der Waals surface area contributed by atoms with Crippen molar-refractivity contribution in [1.29, 1.82) is 0 Å². The van der Waals surface area contributed by atoms with Crippen molar-refractivity contribution in [2.45, 2.75) is 82.7 Å². The molecule has 1 aliphatic rings. The first-order valence-corrected chi connectivity index (χ1v) is 12.2. The summed E-state index contributed by atoms with van der Waals surface area (Å²) < 4.78 is 85.6. The smallest absolute Gasteiger partial charge is 0.430 e. The average molecular weight is 517 g/mol. The van der Waals surface area contributed by atoms with E-state index in [1.165, 1.54) is 44.1 Å². The molecule has 3 nitrogen and oxygen atoms in total. The van der Waals surface area contributed by atoms with Crippen LogP contribution in [-0.2, 0) is 0 Å². The molecule has 36 heavy (non-hydrogen) atoms. The highest BCUT2D eigenvalue weighted by atomic mass is 19.4. The normalized spacial score (nSPS) is 19.5. The number of esters is 1. The molecule has 2 aromatic rings. The number of hydrogen-bond acceptors (Lipinski definition) is 3. The summed E-state index contributed by atoms with van der Waals surface area (Å²) >= 11 is 0. The van der Waals surface area contributed by atoms with Crippen LogP contribution in [0.4, 0.5) is 26.3 Å². The molecule has 0 aliphatic heterocycles. The molecular formula is C27H30F6O3. The molecule has 1 saturated carbocycles. The molecule has 2 aromatic carbocycles. The third-order valence-electron chi connectivity index (χ3n) is 6.55. The zero-order valence-electron chi connectivity index (χ0n) is 20.0. The Kier molecular flexibility index (Phi) is 9.30. The molecule has 0 radical (unpaired) electrons. The molecule has 1 unspecified atom stereocenters. The third-order valence-corrected chi connectivity index (χ3v) is 6.55. The summed E-state index contributed by atoms with van der Waals surface area (Å²) in [4.78, 5) is 12.4. The van der Waals surface area contributed by atoms with Crippen molar-refractivity contribution in [3.05, 3.63) is 59.7 Å². The molecule has 0 bridgehead atoms. The van der Waals surface area contributed by atoms with E-state index in [0.29, 0.717) is 11.7 Å². The second kappa shape index (κ2) is 12.0. The Labute approximate surface area is 206 Å². The highest BCUT2D eigenvalue weighted by Gasteiger charge is 2.59.